The van der Waals surface area contributed by atoms with Gasteiger partial charge in [0, 0.05) is 18.3 Å². The third-order valence-corrected chi connectivity index (χ3v) is 5.36. The van der Waals surface area contributed by atoms with Crippen molar-refractivity contribution in [2.75, 3.05) is 11.9 Å². The number of aromatic nitrogens is 5. The molecule has 0 saturated carbocycles. The first-order chi connectivity index (χ1) is 16.2. The van der Waals surface area contributed by atoms with Crippen LogP contribution in [-0.2, 0) is 19.0 Å². The van der Waals surface area contributed by atoms with E-state index < -0.39 is 11.7 Å². The SMILES string of the molecule is CCc1cc(C(F)(F)F)cnc1Oc1ccc(CCNc2ncnc3nc(C)c(C)nc23)cc1. The summed E-state index contributed by atoms with van der Waals surface area (Å²) in [7, 11) is 0. The Morgan fingerprint density at radius 1 is 0.971 bits per heavy atom. The maximum atomic E-state index is 12.9. The molecule has 0 amide bonds. The van der Waals surface area contributed by atoms with E-state index in [-0.39, 0.29) is 5.88 Å². The van der Waals surface area contributed by atoms with Gasteiger partial charge in [0.25, 0.3) is 0 Å². The predicted octanol–water partition coefficient (Wildman–Crippen LogP) is 5.46. The van der Waals surface area contributed by atoms with Crippen LogP contribution in [0.4, 0.5) is 19.0 Å². The summed E-state index contributed by atoms with van der Waals surface area (Å²) in [6.07, 6.45) is -1.10. The number of benzene rings is 1. The monoisotopic (exact) mass is 468 g/mol. The van der Waals surface area contributed by atoms with Gasteiger partial charge in [0.2, 0.25) is 5.88 Å². The molecule has 3 heterocycles. The molecular weight excluding hydrogens is 445 g/mol. The molecule has 0 atom stereocenters. The summed E-state index contributed by atoms with van der Waals surface area (Å²) in [5.74, 6) is 1.30. The van der Waals surface area contributed by atoms with Gasteiger partial charge in [-0.2, -0.15) is 13.2 Å². The van der Waals surface area contributed by atoms with Crippen LogP contribution < -0.4 is 10.1 Å². The van der Waals surface area contributed by atoms with Crippen molar-refractivity contribution in [3.8, 4) is 11.6 Å². The number of anilines is 1. The molecule has 0 aliphatic rings. The maximum absolute atomic E-state index is 12.9. The van der Waals surface area contributed by atoms with Crippen LogP contribution in [-0.4, -0.2) is 31.5 Å². The highest BCUT2D eigenvalue weighted by atomic mass is 19.4. The number of alkyl halides is 3. The van der Waals surface area contributed by atoms with Gasteiger partial charge < -0.3 is 10.1 Å². The number of aryl methyl sites for hydroxylation is 3. The first-order valence-electron chi connectivity index (χ1n) is 10.8. The number of halogens is 3. The molecule has 0 fully saturated rings. The van der Waals surface area contributed by atoms with Crippen molar-refractivity contribution in [2.24, 2.45) is 0 Å². The Labute approximate surface area is 194 Å². The number of nitrogens with zero attached hydrogens (tertiary/aromatic N) is 5. The minimum Gasteiger partial charge on any atom is -0.439 e. The van der Waals surface area contributed by atoms with Crippen LogP contribution in [0.2, 0.25) is 0 Å². The van der Waals surface area contributed by atoms with E-state index in [4.69, 9.17) is 4.74 Å². The highest BCUT2D eigenvalue weighted by Crippen LogP contribution is 2.32. The molecule has 0 aliphatic heterocycles. The van der Waals surface area contributed by atoms with Crippen molar-refractivity contribution < 1.29 is 17.9 Å². The molecular formula is C24H23F3N6O. The third kappa shape index (κ3) is 5.22. The summed E-state index contributed by atoms with van der Waals surface area (Å²) >= 11 is 0. The minimum absolute atomic E-state index is 0.173. The van der Waals surface area contributed by atoms with Gasteiger partial charge in [-0.05, 0) is 50.5 Å². The van der Waals surface area contributed by atoms with E-state index in [1.54, 1.807) is 19.1 Å². The molecule has 4 rings (SSSR count). The maximum Gasteiger partial charge on any atom is 0.417 e. The van der Waals surface area contributed by atoms with Gasteiger partial charge >= 0.3 is 6.18 Å². The van der Waals surface area contributed by atoms with Crippen LogP contribution in [0.5, 0.6) is 11.6 Å². The summed E-state index contributed by atoms with van der Waals surface area (Å²) in [5.41, 5.74) is 3.50. The Bertz CT molecular complexity index is 1310. The first kappa shape index (κ1) is 23.3. The predicted molar refractivity (Wildman–Crippen MR) is 122 cm³/mol. The van der Waals surface area contributed by atoms with Crippen LogP contribution in [0.15, 0.2) is 42.9 Å². The molecule has 0 radical (unpaired) electrons. The zero-order chi connectivity index (χ0) is 24.3. The molecule has 4 aromatic rings. The van der Waals surface area contributed by atoms with Gasteiger partial charge in [-0.1, -0.05) is 19.1 Å². The number of hydrogen-bond donors (Lipinski definition) is 1. The second-order valence-electron chi connectivity index (χ2n) is 7.75. The Balaban J connectivity index is 1.40. The molecule has 0 saturated heterocycles. The van der Waals surface area contributed by atoms with Crippen molar-refractivity contribution in [3.05, 3.63) is 70.9 Å². The van der Waals surface area contributed by atoms with Gasteiger partial charge in [-0.15, -0.1) is 0 Å². The molecule has 0 aliphatic carbocycles. The largest absolute Gasteiger partial charge is 0.439 e. The Morgan fingerprint density at radius 2 is 1.71 bits per heavy atom. The molecule has 10 heteroatoms. The van der Waals surface area contributed by atoms with E-state index in [1.165, 1.54) is 6.33 Å². The summed E-state index contributed by atoms with van der Waals surface area (Å²) in [5, 5.41) is 3.28. The van der Waals surface area contributed by atoms with E-state index in [1.807, 2.05) is 26.0 Å². The van der Waals surface area contributed by atoms with Gasteiger partial charge in [0.05, 0.1) is 17.0 Å². The summed E-state index contributed by atoms with van der Waals surface area (Å²) in [6, 6.07) is 8.42. The Hall–Kier alpha value is -3.82. The lowest BCUT2D eigenvalue weighted by atomic mass is 10.1. The fraction of sp³-hybridized carbons (Fsp3) is 0.292. The number of fused-ring (bicyclic) bond motifs is 1. The van der Waals surface area contributed by atoms with Crippen LogP contribution >= 0.6 is 0 Å². The second kappa shape index (κ2) is 9.58. The summed E-state index contributed by atoms with van der Waals surface area (Å²) < 4.78 is 44.5. The normalized spacial score (nSPS) is 11.6. The average Bonchev–Trinajstić information content (AvgIpc) is 2.81. The molecule has 0 unspecified atom stereocenters. The molecule has 0 bridgehead atoms. The van der Waals surface area contributed by atoms with Crippen molar-refractivity contribution >= 4 is 17.0 Å². The smallest absolute Gasteiger partial charge is 0.417 e. The van der Waals surface area contributed by atoms with Crippen LogP contribution in [0, 0.1) is 13.8 Å². The topological polar surface area (TPSA) is 85.7 Å². The first-order valence-corrected chi connectivity index (χ1v) is 10.8. The van der Waals surface area contributed by atoms with Gasteiger partial charge in [-0.3, -0.25) is 0 Å². The van der Waals surface area contributed by atoms with Crippen molar-refractivity contribution in [2.45, 2.75) is 39.8 Å². The Kier molecular flexibility index (Phi) is 6.58. The summed E-state index contributed by atoms with van der Waals surface area (Å²) in [4.78, 5) is 21.3. The number of nitrogens with one attached hydrogen (secondary N) is 1. The van der Waals surface area contributed by atoms with E-state index in [0.717, 1.165) is 29.2 Å². The number of pyridine rings is 1. The van der Waals surface area contributed by atoms with E-state index in [2.05, 4.69) is 30.2 Å². The fourth-order valence-corrected chi connectivity index (χ4v) is 3.33. The van der Waals surface area contributed by atoms with E-state index in [9.17, 15) is 13.2 Å². The third-order valence-electron chi connectivity index (χ3n) is 5.36. The van der Waals surface area contributed by atoms with Gasteiger partial charge in [0.1, 0.15) is 12.1 Å². The van der Waals surface area contributed by atoms with Crippen LogP contribution in [0.25, 0.3) is 11.2 Å². The molecule has 3 aromatic heterocycles. The lowest BCUT2D eigenvalue weighted by Gasteiger charge is -2.13. The minimum atomic E-state index is -4.44. The van der Waals surface area contributed by atoms with Crippen molar-refractivity contribution in [3.63, 3.8) is 0 Å². The second-order valence-corrected chi connectivity index (χ2v) is 7.75. The Morgan fingerprint density at radius 3 is 2.41 bits per heavy atom. The standard InChI is InChI=1S/C24H23F3N6O/c1-4-17-11-18(24(25,26)27)12-29-23(17)34-19-7-5-16(6-8-19)9-10-28-21-20-22(31-13-30-21)33-15(3)14(2)32-20/h5-8,11-13H,4,9-10H2,1-3H3,(H,28,30,31,33). The molecule has 0 spiro atoms. The molecule has 1 N–H and O–H groups in total. The zero-order valence-corrected chi connectivity index (χ0v) is 18.9. The fourth-order valence-electron chi connectivity index (χ4n) is 3.33. The quantitative estimate of drug-likeness (QED) is 0.385. The summed E-state index contributed by atoms with van der Waals surface area (Å²) in [6.45, 7) is 6.16. The zero-order valence-electron chi connectivity index (χ0n) is 18.9. The van der Waals surface area contributed by atoms with Crippen molar-refractivity contribution in [1.82, 2.24) is 24.9 Å². The van der Waals surface area contributed by atoms with E-state index >= 15 is 0 Å². The van der Waals surface area contributed by atoms with E-state index in [0.29, 0.717) is 47.7 Å². The lowest BCUT2D eigenvalue weighted by Crippen LogP contribution is -2.09. The number of ether oxygens (including phenoxy) is 1. The van der Waals surface area contributed by atoms with Gasteiger partial charge in [-0.25, -0.2) is 24.9 Å². The molecule has 176 valence electrons. The molecule has 1 aromatic carbocycles. The molecule has 7 nitrogen and oxygen atoms in total. The number of hydrogen-bond acceptors (Lipinski definition) is 7. The lowest BCUT2D eigenvalue weighted by molar-refractivity contribution is -0.137. The van der Waals surface area contributed by atoms with Gasteiger partial charge in [0.15, 0.2) is 17.0 Å². The molecule has 34 heavy (non-hydrogen) atoms. The van der Waals surface area contributed by atoms with Crippen LogP contribution in [0.1, 0.15) is 35.0 Å². The number of rotatable bonds is 7. The average molecular weight is 468 g/mol. The van der Waals surface area contributed by atoms with Crippen LogP contribution in [0.3, 0.4) is 0 Å². The van der Waals surface area contributed by atoms with Crippen molar-refractivity contribution in [1.29, 1.82) is 0 Å². The highest BCUT2D eigenvalue weighted by molar-refractivity contribution is 5.82. The highest BCUT2D eigenvalue weighted by Gasteiger charge is 2.31.